The number of nitrogens with one attached hydrogen (secondary N) is 1. The molecule has 0 aliphatic rings. The lowest BCUT2D eigenvalue weighted by atomic mass is 10.1. The van der Waals surface area contributed by atoms with E-state index in [-0.39, 0.29) is 18.0 Å². The summed E-state index contributed by atoms with van der Waals surface area (Å²) in [6.07, 6.45) is 0. The van der Waals surface area contributed by atoms with Crippen molar-refractivity contribution >= 4 is 5.91 Å². The first-order valence-electron chi connectivity index (χ1n) is 6.50. The molecular formula is C15H24N2O. The Balaban J connectivity index is 2.98. The minimum absolute atomic E-state index is 0.0294. The van der Waals surface area contributed by atoms with E-state index in [9.17, 15) is 4.79 Å². The molecule has 100 valence electrons. The number of benzene rings is 1. The fourth-order valence-corrected chi connectivity index (χ4v) is 1.73. The van der Waals surface area contributed by atoms with Crippen molar-refractivity contribution in [1.82, 2.24) is 10.4 Å². The number of hydrazine groups is 1. The van der Waals surface area contributed by atoms with Gasteiger partial charge in [0.2, 0.25) is 0 Å². The average Bonchev–Trinajstić information content (AvgIpc) is 2.28. The number of carbonyl (C=O) groups excluding carboxylic acids is 1. The van der Waals surface area contributed by atoms with Crippen LogP contribution in [0.2, 0.25) is 0 Å². The van der Waals surface area contributed by atoms with Crippen LogP contribution < -0.4 is 5.43 Å². The molecule has 0 saturated carbocycles. The number of hydrogen-bond acceptors (Lipinski definition) is 2. The fourth-order valence-electron chi connectivity index (χ4n) is 1.73. The van der Waals surface area contributed by atoms with Gasteiger partial charge in [0.1, 0.15) is 0 Å². The normalized spacial score (nSPS) is 11.1. The quantitative estimate of drug-likeness (QED) is 0.831. The van der Waals surface area contributed by atoms with Crippen LogP contribution in [0.25, 0.3) is 0 Å². The van der Waals surface area contributed by atoms with E-state index in [1.54, 1.807) is 5.01 Å². The van der Waals surface area contributed by atoms with Crippen LogP contribution in [-0.2, 0) is 0 Å². The van der Waals surface area contributed by atoms with Crippen molar-refractivity contribution in [3.8, 4) is 0 Å². The van der Waals surface area contributed by atoms with E-state index in [0.29, 0.717) is 0 Å². The Kier molecular flexibility index (Phi) is 4.91. The van der Waals surface area contributed by atoms with Gasteiger partial charge in [-0.2, -0.15) is 0 Å². The van der Waals surface area contributed by atoms with E-state index < -0.39 is 0 Å². The number of rotatable bonds is 4. The van der Waals surface area contributed by atoms with E-state index in [1.807, 2.05) is 52.8 Å². The topological polar surface area (TPSA) is 32.3 Å². The molecule has 1 amide bonds. The van der Waals surface area contributed by atoms with E-state index in [1.165, 1.54) is 5.56 Å². The second-order valence-electron chi connectivity index (χ2n) is 5.35. The molecule has 0 atom stereocenters. The van der Waals surface area contributed by atoms with Crippen molar-refractivity contribution < 1.29 is 4.79 Å². The molecule has 0 aliphatic carbocycles. The standard InChI is InChI=1S/C15H24N2O/c1-10(2)16-17(11(3)4)15(18)14-8-7-12(5)13(6)9-14/h7-11,16H,1-6H3. The van der Waals surface area contributed by atoms with Gasteiger partial charge in [0.05, 0.1) is 0 Å². The Morgan fingerprint density at radius 3 is 2.17 bits per heavy atom. The highest BCUT2D eigenvalue weighted by atomic mass is 16.2. The predicted molar refractivity (Wildman–Crippen MR) is 75.5 cm³/mol. The lowest BCUT2D eigenvalue weighted by Crippen LogP contribution is -2.50. The first-order chi connectivity index (χ1) is 8.32. The highest BCUT2D eigenvalue weighted by molar-refractivity contribution is 5.94. The van der Waals surface area contributed by atoms with Crippen molar-refractivity contribution in [2.24, 2.45) is 0 Å². The molecule has 1 aromatic carbocycles. The van der Waals surface area contributed by atoms with Crippen LogP contribution in [0.1, 0.15) is 49.2 Å². The first kappa shape index (κ1) is 14.7. The van der Waals surface area contributed by atoms with E-state index in [4.69, 9.17) is 0 Å². The smallest absolute Gasteiger partial charge is 0.268 e. The molecule has 1 N–H and O–H groups in total. The van der Waals surface area contributed by atoms with Crippen molar-refractivity contribution in [3.05, 3.63) is 34.9 Å². The number of nitrogens with zero attached hydrogens (tertiary/aromatic N) is 1. The number of hydrogen-bond donors (Lipinski definition) is 1. The van der Waals surface area contributed by atoms with Gasteiger partial charge < -0.3 is 0 Å². The maximum Gasteiger partial charge on any atom is 0.268 e. The van der Waals surface area contributed by atoms with Gasteiger partial charge in [-0.05, 0) is 64.8 Å². The Bertz CT molecular complexity index is 425. The van der Waals surface area contributed by atoms with Gasteiger partial charge in [0, 0.05) is 17.6 Å². The third-order valence-corrected chi connectivity index (χ3v) is 2.89. The minimum Gasteiger partial charge on any atom is -0.271 e. The van der Waals surface area contributed by atoms with Crippen LogP contribution >= 0.6 is 0 Å². The molecule has 1 aromatic rings. The highest BCUT2D eigenvalue weighted by Gasteiger charge is 2.19. The zero-order valence-corrected chi connectivity index (χ0v) is 12.2. The monoisotopic (exact) mass is 248 g/mol. The maximum atomic E-state index is 12.4. The summed E-state index contributed by atoms with van der Waals surface area (Å²) in [5, 5.41) is 1.70. The molecule has 0 fully saturated rings. The molecule has 1 rings (SSSR count). The predicted octanol–water partition coefficient (Wildman–Crippen LogP) is 3.07. The molecule has 3 heteroatoms. The van der Waals surface area contributed by atoms with Gasteiger partial charge in [0.25, 0.3) is 5.91 Å². The molecule has 18 heavy (non-hydrogen) atoms. The summed E-state index contributed by atoms with van der Waals surface area (Å²) >= 11 is 0. The van der Waals surface area contributed by atoms with E-state index in [2.05, 4.69) is 12.3 Å². The molecule has 0 heterocycles. The second kappa shape index (κ2) is 6.01. The van der Waals surface area contributed by atoms with E-state index in [0.717, 1.165) is 11.1 Å². The van der Waals surface area contributed by atoms with Crippen LogP contribution in [0, 0.1) is 13.8 Å². The van der Waals surface area contributed by atoms with Gasteiger partial charge >= 0.3 is 0 Å². The molecular weight excluding hydrogens is 224 g/mol. The van der Waals surface area contributed by atoms with E-state index >= 15 is 0 Å². The molecule has 0 radical (unpaired) electrons. The zero-order chi connectivity index (χ0) is 13.9. The molecule has 0 saturated heterocycles. The molecule has 0 bridgehead atoms. The summed E-state index contributed by atoms with van der Waals surface area (Å²) < 4.78 is 0. The summed E-state index contributed by atoms with van der Waals surface area (Å²) in [6.45, 7) is 12.2. The molecule has 0 aliphatic heterocycles. The third kappa shape index (κ3) is 3.57. The third-order valence-electron chi connectivity index (χ3n) is 2.89. The largest absolute Gasteiger partial charge is 0.271 e. The van der Waals surface area contributed by atoms with Gasteiger partial charge in [-0.1, -0.05) is 6.07 Å². The summed E-state index contributed by atoms with van der Waals surface area (Å²) in [4.78, 5) is 12.4. The lowest BCUT2D eigenvalue weighted by Gasteiger charge is -2.29. The maximum absolute atomic E-state index is 12.4. The van der Waals surface area contributed by atoms with Crippen LogP contribution in [0.4, 0.5) is 0 Å². The average molecular weight is 248 g/mol. The Morgan fingerprint density at radius 2 is 1.72 bits per heavy atom. The summed E-state index contributed by atoms with van der Waals surface area (Å²) in [5.41, 5.74) is 6.29. The zero-order valence-electron chi connectivity index (χ0n) is 12.2. The fraction of sp³-hybridized carbons (Fsp3) is 0.533. The molecule has 0 spiro atoms. The van der Waals surface area contributed by atoms with Crippen molar-refractivity contribution in [1.29, 1.82) is 0 Å². The lowest BCUT2D eigenvalue weighted by molar-refractivity contribution is 0.0550. The molecule has 0 aromatic heterocycles. The van der Waals surface area contributed by atoms with Gasteiger partial charge in [-0.3, -0.25) is 9.80 Å². The highest BCUT2D eigenvalue weighted by Crippen LogP contribution is 2.13. The Labute approximate surface area is 110 Å². The summed E-state index contributed by atoms with van der Waals surface area (Å²) in [5.74, 6) is 0.0294. The van der Waals surface area contributed by atoms with Gasteiger partial charge in [-0.25, -0.2) is 5.43 Å². The van der Waals surface area contributed by atoms with Crippen molar-refractivity contribution in [3.63, 3.8) is 0 Å². The summed E-state index contributed by atoms with van der Waals surface area (Å²) in [7, 11) is 0. The number of carbonyl (C=O) groups is 1. The van der Waals surface area contributed by atoms with Crippen LogP contribution in [-0.4, -0.2) is 23.0 Å². The SMILES string of the molecule is Cc1ccc(C(=O)N(NC(C)C)C(C)C)cc1C. The Morgan fingerprint density at radius 1 is 1.11 bits per heavy atom. The van der Waals surface area contributed by atoms with Gasteiger partial charge in [-0.15, -0.1) is 0 Å². The number of amides is 1. The van der Waals surface area contributed by atoms with Crippen LogP contribution in [0.5, 0.6) is 0 Å². The first-order valence-corrected chi connectivity index (χ1v) is 6.50. The van der Waals surface area contributed by atoms with Gasteiger partial charge in [0.15, 0.2) is 0 Å². The minimum atomic E-state index is 0.0294. The van der Waals surface area contributed by atoms with Crippen molar-refractivity contribution in [2.45, 2.75) is 53.6 Å². The second-order valence-corrected chi connectivity index (χ2v) is 5.35. The molecule has 0 unspecified atom stereocenters. The Hall–Kier alpha value is -1.35. The van der Waals surface area contributed by atoms with Crippen LogP contribution in [0.3, 0.4) is 0 Å². The summed E-state index contributed by atoms with van der Waals surface area (Å²) in [6, 6.07) is 6.21. The van der Waals surface area contributed by atoms with Crippen molar-refractivity contribution in [2.75, 3.05) is 0 Å². The molecule has 3 nitrogen and oxygen atoms in total. The van der Waals surface area contributed by atoms with Crippen LogP contribution in [0.15, 0.2) is 18.2 Å². The number of aryl methyl sites for hydroxylation is 2.